The highest BCUT2D eigenvalue weighted by atomic mass is 32.1. The van der Waals surface area contributed by atoms with Gasteiger partial charge in [-0.25, -0.2) is 4.39 Å². The van der Waals surface area contributed by atoms with Crippen LogP contribution in [0.5, 0.6) is 0 Å². The van der Waals surface area contributed by atoms with Crippen molar-refractivity contribution >= 4 is 27.3 Å². The maximum absolute atomic E-state index is 13.2. The molecule has 2 heterocycles. The third-order valence-electron chi connectivity index (χ3n) is 5.22. The zero-order valence-corrected chi connectivity index (χ0v) is 17.7. The number of halogens is 1. The van der Waals surface area contributed by atoms with E-state index in [9.17, 15) is 9.18 Å². The number of carbonyl (C=O) groups is 1. The first kappa shape index (κ1) is 20.9. The molecule has 1 fully saturated rings. The molecule has 0 saturated carbocycles. The number of fused-ring (bicyclic) bond motifs is 1. The van der Waals surface area contributed by atoms with Gasteiger partial charge in [-0.3, -0.25) is 9.69 Å². The van der Waals surface area contributed by atoms with Crippen LogP contribution in [0.25, 0.3) is 10.1 Å². The number of hydrogen-bond donors (Lipinski definition) is 1. The van der Waals surface area contributed by atoms with Crippen molar-refractivity contribution in [2.24, 2.45) is 0 Å². The van der Waals surface area contributed by atoms with E-state index in [1.54, 1.807) is 7.11 Å². The van der Waals surface area contributed by atoms with Crippen LogP contribution < -0.4 is 5.32 Å². The number of thiophene rings is 1. The van der Waals surface area contributed by atoms with E-state index in [1.165, 1.54) is 23.5 Å². The molecule has 0 spiro atoms. The summed E-state index contributed by atoms with van der Waals surface area (Å²) < 4.78 is 25.5. The van der Waals surface area contributed by atoms with Crippen LogP contribution in [-0.4, -0.2) is 50.8 Å². The van der Waals surface area contributed by atoms with E-state index in [2.05, 4.69) is 16.3 Å². The van der Waals surface area contributed by atoms with E-state index < -0.39 is 0 Å². The van der Waals surface area contributed by atoms with Crippen LogP contribution >= 0.6 is 11.3 Å². The second-order valence-electron chi connectivity index (χ2n) is 7.31. The van der Waals surface area contributed by atoms with Crippen LogP contribution in [-0.2, 0) is 16.0 Å². The Morgan fingerprint density at radius 3 is 2.87 bits per heavy atom. The molecule has 1 N–H and O–H groups in total. The molecule has 5 nitrogen and oxygen atoms in total. The van der Waals surface area contributed by atoms with Crippen molar-refractivity contribution in [3.05, 3.63) is 70.4 Å². The third-order valence-corrected chi connectivity index (χ3v) is 6.41. The van der Waals surface area contributed by atoms with Crippen molar-refractivity contribution in [1.82, 2.24) is 10.2 Å². The second kappa shape index (κ2) is 9.66. The van der Waals surface area contributed by atoms with Gasteiger partial charge in [0.2, 0.25) is 0 Å². The maximum Gasteiger partial charge on any atom is 0.261 e. The maximum atomic E-state index is 13.2. The lowest BCUT2D eigenvalue weighted by Gasteiger charge is -2.33. The summed E-state index contributed by atoms with van der Waals surface area (Å²) in [5.74, 6) is -0.324. The second-order valence-corrected chi connectivity index (χ2v) is 8.36. The standard InChI is InChI=1S/C23H25FN2O3S/c1-28-12-10-25-23(27)22-21(18-4-2-3-5-20(18)30-22)19-15-26(11-13-29-19)14-16-6-8-17(24)9-7-16/h2-9,19H,10-15H2,1H3,(H,25,27). The number of rotatable bonds is 7. The van der Waals surface area contributed by atoms with Gasteiger partial charge in [-0.2, -0.15) is 0 Å². The Bertz CT molecular complexity index is 1010. The van der Waals surface area contributed by atoms with E-state index in [4.69, 9.17) is 9.47 Å². The fourth-order valence-corrected chi connectivity index (χ4v) is 4.94. The van der Waals surface area contributed by atoms with Gasteiger partial charge in [0, 0.05) is 43.6 Å². The molecule has 1 saturated heterocycles. The molecule has 1 unspecified atom stereocenters. The van der Waals surface area contributed by atoms with Crippen molar-refractivity contribution in [3.63, 3.8) is 0 Å². The summed E-state index contributed by atoms with van der Waals surface area (Å²) in [7, 11) is 1.61. The average Bonchev–Trinajstić information content (AvgIpc) is 3.15. The number of carbonyl (C=O) groups excluding carboxylic acids is 1. The molecule has 1 atom stereocenters. The first-order valence-corrected chi connectivity index (χ1v) is 10.8. The Labute approximate surface area is 179 Å². The molecule has 0 radical (unpaired) electrons. The topological polar surface area (TPSA) is 50.8 Å². The van der Waals surface area contributed by atoms with Gasteiger partial charge in [-0.05, 0) is 29.1 Å². The number of nitrogens with zero attached hydrogens (tertiary/aromatic N) is 1. The van der Waals surface area contributed by atoms with Gasteiger partial charge < -0.3 is 14.8 Å². The summed E-state index contributed by atoms with van der Waals surface area (Å²) in [4.78, 5) is 15.9. The zero-order valence-electron chi connectivity index (χ0n) is 16.9. The number of morpholine rings is 1. The van der Waals surface area contributed by atoms with Gasteiger partial charge in [0.1, 0.15) is 5.82 Å². The van der Waals surface area contributed by atoms with E-state index >= 15 is 0 Å². The van der Waals surface area contributed by atoms with Crippen molar-refractivity contribution in [1.29, 1.82) is 0 Å². The molecule has 30 heavy (non-hydrogen) atoms. The lowest BCUT2D eigenvalue weighted by Crippen LogP contribution is -2.38. The first-order chi connectivity index (χ1) is 14.7. The highest BCUT2D eigenvalue weighted by molar-refractivity contribution is 7.21. The lowest BCUT2D eigenvalue weighted by molar-refractivity contribution is -0.0323. The molecule has 158 valence electrons. The van der Waals surface area contributed by atoms with Gasteiger partial charge in [0.15, 0.2) is 0 Å². The molecule has 1 aliphatic rings. The van der Waals surface area contributed by atoms with Gasteiger partial charge in [0.25, 0.3) is 5.91 Å². The Hall–Kier alpha value is -2.32. The predicted octanol–water partition coefficient (Wildman–Crippen LogP) is 3.99. The van der Waals surface area contributed by atoms with E-state index in [-0.39, 0.29) is 17.8 Å². The number of benzene rings is 2. The Kier molecular flexibility index (Phi) is 6.74. The van der Waals surface area contributed by atoms with Crippen LogP contribution in [0.1, 0.15) is 26.9 Å². The van der Waals surface area contributed by atoms with Gasteiger partial charge in [-0.1, -0.05) is 30.3 Å². The molecular weight excluding hydrogens is 403 g/mol. The van der Waals surface area contributed by atoms with Crippen LogP contribution in [0.4, 0.5) is 4.39 Å². The zero-order chi connectivity index (χ0) is 20.9. The SMILES string of the molecule is COCCNC(=O)c1sc2ccccc2c1C1CN(Cc2ccc(F)cc2)CCO1. The highest BCUT2D eigenvalue weighted by Gasteiger charge is 2.29. The number of hydrogen-bond acceptors (Lipinski definition) is 5. The monoisotopic (exact) mass is 428 g/mol. The molecule has 1 aliphatic heterocycles. The molecule has 7 heteroatoms. The van der Waals surface area contributed by atoms with E-state index in [1.807, 2.05) is 30.3 Å². The van der Waals surface area contributed by atoms with Crippen molar-refractivity contribution in [2.45, 2.75) is 12.6 Å². The fourth-order valence-electron chi connectivity index (χ4n) is 3.77. The molecule has 4 rings (SSSR count). The molecule has 0 aliphatic carbocycles. The number of methoxy groups -OCH3 is 1. The predicted molar refractivity (Wildman–Crippen MR) is 116 cm³/mol. The molecule has 2 aromatic carbocycles. The first-order valence-electron chi connectivity index (χ1n) is 10.0. The Balaban J connectivity index is 1.58. The largest absolute Gasteiger partial charge is 0.383 e. The minimum absolute atomic E-state index is 0.0949. The summed E-state index contributed by atoms with van der Waals surface area (Å²) in [6.45, 7) is 3.71. The molecule has 1 aromatic heterocycles. The smallest absolute Gasteiger partial charge is 0.261 e. The van der Waals surface area contributed by atoms with Crippen LogP contribution in [0, 0.1) is 5.82 Å². The summed E-state index contributed by atoms with van der Waals surface area (Å²) >= 11 is 1.50. The Morgan fingerprint density at radius 1 is 1.27 bits per heavy atom. The van der Waals surface area contributed by atoms with Crippen LogP contribution in [0.15, 0.2) is 48.5 Å². The molecule has 0 bridgehead atoms. The Morgan fingerprint density at radius 2 is 2.07 bits per heavy atom. The average molecular weight is 429 g/mol. The summed E-state index contributed by atoms with van der Waals surface area (Å²) in [5, 5.41) is 4.00. The van der Waals surface area contributed by atoms with E-state index in [0.717, 1.165) is 34.3 Å². The summed E-state index contributed by atoms with van der Waals surface area (Å²) in [5.41, 5.74) is 2.01. The van der Waals surface area contributed by atoms with Crippen molar-refractivity contribution < 1.29 is 18.7 Å². The number of nitrogens with one attached hydrogen (secondary N) is 1. The number of amides is 1. The summed E-state index contributed by atoms with van der Waals surface area (Å²) in [6.07, 6.45) is -0.196. The quantitative estimate of drug-likeness (QED) is 0.578. The number of ether oxygens (including phenoxy) is 2. The third kappa shape index (κ3) is 4.70. The minimum atomic E-state index is -0.229. The molecule has 1 amide bonds. The van der Waals surface area contributed by atoms with Crippen LogP contribution in [0.2, 0.25) is 0 Å². The fraction of sp³-hybridized carbons (Fsp3) is 0.348. The van der Waals surface area contributed by atoms with Gasteiger partial charge >= 0.3 is 0 Å². The van der Waals surface area contributed by atoms with Crippen molar-refractivity contribution in [2.75, 3.05) is 40.0 Å². The highest BCUT2D eigenvalue weighted by Crippen LogP contribution is 2.38. The molecular formula is C23H25FN2O3S. The lowest BCUT2D eigenvalue weighted by atomic mass is 10.0. The normalized spacial score (nSPS) is 17.3. The van der Waals surface area contributed by atoms with E-state index in [0.29, 0.717) is 31.2 Å². The van der Waals surface area contributed by atoms with Crippen LogP contribution in [0.3, 0.4) is 0 Å². The minimum Gasteiger partial charge on any atom is -0.383 e. The van der Waals surface area contributed by atoms with Gasteiger partial charge in [0.05, 0.1) is 24.2 Å². The summed E-state index contributed by atoms with van der Waals surface area (Å²) in [6, 6.07) is 14.7. The van der Waals surface area contributed by atoms with Crippen molar-refractivity contribution in [3.8, 4) is 0 Å². The van der Waals surface area contributed by atoms with Gasteiger partial charge in [-0.15, -0.1) is 11.3 Å². The molecule has 3 aromatic rings.